The smallest absolute Gasteiger partial charge is 0.286 e. The molecule has 160 valence electrons. The van der Waals surface area contributed by atoms with E-state index in [9.17, 15) is 9.59 Å². The number of aryl methyl sites for hydroxylation is 1. The minimum Gasteiger partial charge on any atom is -0.496 e. The Morgan fingerprint density at radius 1 is 1.13 bits per heavy atom. The van der Waals surface area contributed by atoms with Crippen molar-refractivity contribution in [2.45, 2.75) is 25.7 Å². The number of carbonyl (C=O) groups excluding carboxylic acids is 2. The summed E-state index contributed by atoms with van der Waals surface area (Å²) in [5.41, 5.74) is 2.40. The van der Waals surface area contributed by atoms with Gasteiger partial charge in [0.05, 0.1) is 12.7 Å². The van der Waals surface area contributed by atoms with Gasteiger partial charge in [-0.2, -0.15) is 0 Å². The Bertz CT molecular complexity index is 1080. The molecule has 1 aromatic heterocycles. The maximum atomic E-state index is 13.0. The standard InChI is InChI=1S/C23H24N4O3S/c1-15-9-11-17(12-10-15)24-20(28)22-26-25-21(31-22)16-6-5-13-27(14-16)23(29)18-7-3-4-8-19(18)30-2/h3-4,7-12,16H,5-6,13-14H2,1-2H3,(H,24,28)/t16-/m1/s1. The summed E-state index contributed by atoms with van der Waals surface area (Å²) >= 11 is 1.29. The molecule has 0 radical (unpaired) electrons. The zero-order valence-electron chi connectivity index (χ0n) is 17.5. The lowest BCUT2D eigenvalue weighted by Crippen LogP contribution is -2.39. The zero-order valence-corrected chi connectivity index (χ0v) is 18.3. The molecule has 1 fully saturated rings. The molecule has 7 nitrogen and oxygen atoms in total. The maximum Gasteiger partial charge on any atom is 0.286 e. The third kappa shape index (κ3) is 4.74. The molecule has 2 heterocycles. The average molecular weight is 437 g/mol. The van der Waals surface area contributed by atoms with Crippen LogP contribution >= 0.6 is 11.3 Å². The Hall–Kier alpha value is -3.26. The Morgan fingerprint density at radius 3 is 2.68 bits per heavy atom. The summed E-state index contributed by atoms with van der Waals surface area (Å²) in [6.07, 6.45) is 1.78. The van der Waals surface area contributed by atoms with Crippen LogP contribution in [0.1, 0.15) is 49.5 Å². The molecule has 1 aliphatic rings. The number of ether oxygens (including phenoxy) is 1. The van der Waals surface area contributed by atoms with Crippen LogP contribution in [0.5, 0.6) is 5.75 Å². The van der Waals surface area contributed by atoms with Crippen molar-refractivity contribution in [1.82, 2.24) is 15.1 Å². The van der Waals surface area contributed by atoms with E-state index in [1.807, 2.05) is 48.2 Å². The van der Waals surface area contributed by atoms with E-state index < -0.39 is 0 Å². The highest BCUT2D eigenvalue weighted by Gasteiger charge is 2.29. The second kappa shape index (κ2) is 9.26. The number of hydrogen-bond donors (Lipinski definition) is 1. The SMILES string of the molecule is COc1ccccc1C(=O)N1CCC[C@@H](c2nnc(C(=O)Nc3ccc(C)cc3)s2)C1. The van der Waals surface area contributed by atoms with E-state index >= 15 is 0 Å². The molecular formula is C23H24N4O3S. The molecule has 31 heavy (non-hydrogen) atoms. The van der Waals surface area contributed by atoms with Gasteiger partial charge in [-0.15, -0.1) is 10.2 Å². The van der Waals surface area contributed by atoms with Gasteiger partial charge in [0.15, 0.2) is 0 Å². The van der Waals surface area contributed by atoms with Gasteiger partial charge >= 0.3 is 0 Å². The van der Waals surface area contributed by atoms with Crippen LogP contribution in [0.3, 0.4) is 0 Å². The largest absolute Gasteiger partial charge is 0.496 e. The minimum atomic E-state index is -0.273. The second-order valence-corrected chi connectivity index (χ2v) is 8.57. The lowest BCUT2D eigenvalue weighted by Gasteiger charge is -2.32. The molecular weight excluding hydrogens is 412 g/mol. The Kier molecular flexibility index (Phi) is 6.27. The third-order valence-electron chi connectivity index (χ3n) is 5.34. The number of methoxy groups -OCH3 is 1. The van der Waals surface area contributed by atoms with Gasteiger partial charge in [-0.05, 0) is 44.0 Å². The predicted molar refractivity (Wildman–Crippen MR) is 120 cm³/mol. The number of aromatic nitrogens is 2. The van der Waals surface area contributed by atoms with Crippen LogP contribution in [-0.2, 0) is 0 Å². The fourth-order valence-electron chi connectivity index (χ4n) is 3.67. The fraction of sp³-hybridized carbons (Fsp3) is 0.304. The summed E-state index contributed by atoms with van der Waals surface area (Å²) < 4.78 is 5.34. The van der Waals surface area contributed by atoms with Crippen LogP contribution in [0.15, 0.2) is 48.5 Å². The second-order valence-electron chi connectivity index (χ2n) is 7.56. The highest BCUT2D eigenvalue weighted by molar-refractivity contribution is 7.13. The van der Waals surface area contributed by atoms with E-state index in [1.54, 1.807) is 19.2 Å². The number of piperidine rings is 1. The van der Waals surface area contributed by atoms with Crippen molar-refractivity contribution in [3.63, 3.8) is 0 Å². The first-order chi connectivity index (χ1) is 15.0. The van der Waals surface area contributed by atoms with Crippen LogP contribution in [0.4, 0.5) is 5.69 Å². The van der Waals surface area contributed by atoms with E-state index in [0.29, 0.717) is 29.4 Å². The number of amides is 2. The molecule has 0 unspecified atom stereocenters. The summed E-state index contributed by atoms with van der Waals surface area (Å²) in [4.78, 5) is 27.4. The maximum absolute atomic E-state index is 13.0. The minimum absolute atomic E-state index is 0.0518. The van der Waals surface area contributed by atoms with Gasteiger partial charge in [0.1, 0.15) is 10.8 Å². The predicted octanol–water partition coefficient (Wildman–Crippen LogP) is 4.13. The van der Waals surface area contributed by atoms with Crippen molar-refractivity contribution in [3.05, 3.63) is 69.7 Å². The van der Waals surface area contributed by atoms with E-state index in [-0.39, 0.29) is 17.7 Å². The lowest BCUT2D eigenvalue weighted by atomic mass is 9.98. The number of hydrogen-bond acceptors (Lipinski definition) is 6. The van der Waals surface area contributed by atoms with Crippen LogP contribution in [0, 0.1) is 6.92 Å². The molecule has 4 rings (SSSR count). The molecule has 0 bridgehead atoms. The summed E-state index contributed by atoms with van der Waals surface area (Å²) in [6.45, 7) is 3.23. The van der Waals surface area contributed by atoms with E-state index in [4.69, 9.17) is 4.74 Å². The van der Waals surface area contributed by atoms with Crippen molar-refractivity contribution >= 4 is 28.8 Å². The molecule has 2 aromatic carbocycles. The first-order valence-electron chi connectivity index (χ1n) is 10.2. The molecule has 0 saturated carbocycles. The average Bonchev–Trinajstić information content (AvgIpc) is 3.31. The summed E-state index contributed by atoms with van der Waals surface area (Å²) in [5.74, 6) is 0.306. The Balaban J connectivity index is 1.44. The molecule has 2 amide bonds. The van der Waals surface area contributed by atoms with Crippen molar-refractivity contribution in [1.29, 1.82) is 0 Å². The highest BCUT2D eigenvalue weighted by Crippen LogP contribution is 2.31. The van der Waals surface area contributed by atoms with Gasteiger partial charge in [0.2, 0.25) is 5.01 Å². The van der Waals surface area contributed by atoms with Crippen molar-refractivity contribution in [3.8, 4) is 5.75 Å². The zero-order chi connectivity index (χ0) is 21.8. The van der Waals surface area contributed by atoms with Gasteiger partial charge in [-0.1, -0.05) is 41.2 Å². The molecule has 8 heteroatoms. The monoisotopic (exact) mass is 436 g/mol. The molecule has 1 aliphatic heterocycles. The van der Waals surface area contributed by atoms with Crippen LogP contribution in [0.2, 0.25) is 0 Å². The highest BCUT2D eigenvalue weighted by atomic mass is 32.1. The molecule has 0 spiro atoms. The van der Waals surface area contributed by atoms with E-state index in [0.717, 1.165) is 29.1 Å². The number of nitrogens with zero attached hydrogens (tertiary/aromatic N) is 3. The van der Waals surface area contributed by atoms with Crippen molar-refractivity contribution in [2.24, 2.45) is 0 Å². The molecule has 1 saturated heterocycles. The number of rotatable bonds is 5. The molecule has 1 atom stereocenters. The van der Waals surface area contributed by atoms with Gasteiger partial charge in [-0.3, -0.25) is 9.59 Å². The Labute approximate surface area is 185 Å². The number of para-hydroxylation sites is 1. The number of carbonyl (C=O) groups is 2. The lowest BCUT2D eigenvalue weighted by molar-refractivity contribution is 0.0703. The van der Waals surface area contributed by atoms with Crippen LogP contribution < -0.4 is 10.1 Å². The number of likely N-dealkylation sites (tertiary alicyclic amines) is 1. The van der Waals surface area contributed by atoms with Crippen LogP contribution in [-0.4, -0.2) is 47.1 Å². The van der Waals surface area contributed by atoms with Gasteiger partial charge in [0, 0.05) is 24.7 Å². The molecule has 3 aromatic rings. The summed E-state index contributed by atoms with van der Waals surface area (Å²) in [6, 6.07) is 14.9. The summed E-state index contributed by atoms with van der Waals surface area (Å²) in [5, 5.41) is 12.3. The van der Waals surface area contributed by atoms with Crippen LogP contribution in [0.25, 0.3) is 0 Å². The first kappa shape index (κ1) is 21.0. The quantitative estimate of drug-likeness (QED) is 0.650. The fourth-order valence-corrected chi connectivity index (χ4v) is 4.53. The topological polar surface area (TPSA) is 84.4 Å². The van der Waals surface area contributed by atoms with Gasteiger partial charge in [-0.25, -0.2) is 0 Å². The number of anilines is 1. The first-order valence-corrected chi connectivity index (χ1v) is 11.0. The van der Waals surface area contributed by atoms with Crippen molar-refractivity contribution in [2.75, 3.05) is 25.5 Å². The van der Waals surface area contributed by atoms with E-state index in [2.05, 4.69) is 15.5 Å². The Morgan fingerprint density at radius 2 is 1.90 bits per heavy atom. The van der Waals surface area contributed by atoms with Gasteiger partial charge in [0.25, 0.3) is 11.8 Å². The molecule has 0 aliphatic carbocycles. The summed E-state index contributed by atoms with van der Waals surface area (Å²) in [7, 11) is 1.57. The normalized spacial score (nSPS) is 16.1. The van der Waals surface area contributed by atoms with E-state index in [1.165, 1.54) is 11.3 Å². The number of benzene rings is 2. The number of nitrogens with one attached hydrogen (secondary N) is 1. The molecule has 1 N–H and O–H groups in total. The van der Waals surface area contributed by atoms with Crippen molar-refractivity contribution < 1.29 is 14.3 Å². The van der Waals surface area contributed by atoms with Gasteiger partial charge < -0.3 is 15.0 Å². The third-order valence-corrected chi connectivity index (χ3v) is 6.42.